The van der Waals surface area contributed by atoms with Gasteiger partial charge in [0.2, 0.25) is 11.8 Å². The fraction of sp³-hybridized carbons (Fsp3) is 0.167. The van der Waals surface area contributed by atoms with Gasteiger partial charge in [-0.1, -0.05) is 0 Å². The Morgan fingerprint density at radius 1 is 1.22 bits per heavy atom. The van der Waals surface area contributed by atoms with E-state index in [1.807, 2.05) is 12.1 Å². The van der Waals surface area contributed by atoms with E-state index in [0.29, 0.717) is 29.5 Å². The summed E-state index contributed by atoms with van der Waals surface area (Å²) in [6.45, 7) is 2.09. The lowest BCUT2D eigenvalue weighted by molar-refractivity contribution is 0.475. The fourth-order valence-corrected chi connectivity index (χ4v) is 1.43. The van der Waals surface area contributed by atoms with Crippen molar-refractivity contribution >= 4 is 5.69 Å². The molecule has 6 nitrogen and oxygen atoms in total. The topological polar surface area (TPSA) is 98.5 Å². The molecule has 0 aliphatic heterocycles. The van der Waals surface area contributed by atoms with Crippen LogP contribution in [0.25, 0.3) is 0 Å². The van der Waals surface area contributed by atoms with Crippen molar-refractivity contribution in [2.24, 2.45) is 0 Å². The molecule has 18 heavy (non-hydrogen) atoms. The van der Waals surface area contributed by atoms with Crippen molar-refractivity contribution in [2.75, 3.05) is 5.32 Å². The number of hydrogen-bond acceptors (Lipinski definition) is 6. The number of anilines is 1. The maximum Gasteiger partial charge on any atom is 0.235 e. The molecule has 0 aliphatic carbocycles. The first kappa shape index (κ1) is 11.6. The van der Waals surface area contributed by atoms with Crippen LogP contribution < -0.4 is 5.32 Å². The predicted octanol–water partition coefficient (Wildman–Crippen LogP) is 1.73. The van der Waals surface area contributed by atoms with Crippen LogP contribution in [0.5, 0.6) is 0 Å². The minimum Gasteiger partial charge on any atom is -0.424 e. The van der Waals surface area contributed by atoms with Gasteiger partial charge in [-0.25, -0.2) is 0 Å². The number of hydrogen-bond donors (Lipinski definition) is 1. The Morgan fingerprint density at radius 2 is 2.00 bits per heavy atom. The summed E-state index contributed by atoms with van der Waals surface area (Å²) in [5.41, 5.74) is 1.42. The van der Waals surface area contributed by atoms with E-state index in [1.54, 1.807) is 25.1 Å². The predicted molar refractivity (Wildman–Crippen MR) is 62.2 cm³/mol. The van der Waals surface area contributed by atoms with Gasteiger partial charge in [0.25, 0.3) is 0 Å². The molecule has 0 fully saturated rings. The summed E-state index contributed by atoms with van der Waals surface area (Å²) in [4.78, 5) is 0. The summed E-state index contributed by atoms with van der Waals surface area (Å²) in [6, 6.07) is 8.87. The zero-order chi connectivity index (χ0) is 13.0. The normalized spacial score (nSPS) is 9.50. The minimum atomic E-state index is 0.337. The molecule has 1 aromatic carbocycles. The summed E-state index contributed by atoms with van der Waals surface area (Å²) in [6.07, 6.45) is 0. The van der Waals surface area contributed by atoms with E-state index in [1.165, 1.54) is 0 Å². The van der Waals surface area contributed by atoms with Gasteiger partial charge in [-0.15, -0.1) is 10.2 Å². The highest BCUT2D eigenvalue weighted by molar-refractivity contribution is 5.56. The fourth-order valence-electron chi connectivity index (χ4n) is 1.43. The molecular weight excluding hydrogens is 230 g/mol. The molecule has 0 saturated heterocycles. The van der Waals surface area contributed by atoms with Crippen LogP contribution in [0.2, 0.25) is 0 Å². The number of benzene rings is 1. The molecule has 0 bridgehead atoms. The smallest absolute Gasteiger partial charge is 0.235 e. The van der Waals surface area contributed by atoms with Gasteiger partial charge in [0, 0.05) is 12.6 Å². The van der Waals surface area contributed by atoms with Gasteiger partial charge in [0.15, 0.2) is 0 Å². The highest BCUT2D eigenvalue weighted by Crippen LogP contribution is 2.15. The third-order valence-electron chi connectivity index (χ3n) is 2.27. The summed E-state index contributed by atoms with van der Waals surface area (Å²) >= 11 is 0. The van der Waals surface area contributed by atoms with Crippen LogP contribution >= 0.6 is 0 Å². The SMILES string of the molecule is Cc1nnc(CNc2ccc(C#N)c(C#N)c2)o1. The third kappa shape index (κ3) is 2.45. The number of nitriles is 2. The molecule has 0 saturated carbocycles. The Bertz CT molecular complexity index is 647. The lowest BCUT2D eigenvalue weighted by Crippen LogP contribution is -2.00. The van der Waals surface area contributed by atoms with Crippen molar-refractivity contribution in [1.29, 1.82) is 10.5 Å². The van der Waals surface area contributed by atoms with Gasteiger partial charge in [0.05, 0.1) is 17.7 Å². The first-order valence-corrected chi connectivity index (χ1v) is 5.20. The molecule has 1 aromatic heterocycles. The molecule has 2 aromatic rings. The molecule has 0 aliphatic rings. The number of aromatic nitrogens is 2. The van der Waals surface area contributed by atoms with Crippen LogP contribution in [0.1, 0.15) is 22.9 Å². The maximum absolute atomic E-state index is 8.89. The van der Waals surface area contributed by atoms with Gasteiger partial charge < -0.3 is 9.73 Å². The summed E-state index contributed by atoms with van der Waals surface area (Å²) in [5, 5.41) is 28.3. The molecule has 0 atom stereocenters. The van der Waals surface area contributed by atoms with Gasteiger partial charge in [-0.3, -0.25) is 0 Å². The average Bonchev–Trinajstić information content (AvgIpc) is 2.81. The number of rotatable bonds is 3. The van der Waals surface area contributed by atoms with E-state index in [2.05, 4.69) is 15.5 Å². The van der Waals surface area contributed by atoms with E-state index in [-0.39, 0.29) is 0 Å². The number of nitrogens with zero attached hydrogens (tertiary/aromatic N) is 4. The lowest BCUT2D eigenvalue weighted by atomic mass is 10.1. The second kappa shape index (κ2) is 4.98. The van der Waals surface area contributed by atoms with Gasteiger partial charge in [-0.05, 0) is 18.2 Å². The number of nitrogens with one attached hydrogen (secondary N) is 1. The number of aryl methyl sites for hydroxylation is 1. The summed E-state index contributed by atoms with van der Waals surface area (Å²) in [5.74, 6) is 0.972. The van der Waals surface area contributed by atoms with Crippen molar-refractivity contribution in [3.05, 3.63) is 41.1 Å². The molecule has 2 rings (SSSR count). The molecule has 0 amide bonds. The Balaban J connectivity index is 2.11. The Morgan fingerprint density at radius 3 is 2.61 bits per heavy atom. The van der Waals surface area contributed by atoms with Crippen molar-refractivity contribution in [1.82, 2.24) is 10.2 Å². The molecular formula is C12H9N5O. The highest BCUT2D eigenvalue weighted by atomic mass is 16.4. The van der Waals surface area contributed by atoms with Crippen LogP contribution in [-0.4, -0.2) is 10.2 Å². The minimum absolute atomic E-state index is 0.337. The summed E-state index contributed by atoms with van der Waals surface area (Å²) in [7, 11) is 0. The second-order valence-electron chi connectivity index (χ2n) is 3.55. The average molecular weight is 239 g/mol. The van der Waals surface area contributed by atoms with Crippen molar-refractivity contribution in [2.45, 2.75) is 13.5 Å². The third-order valence-corrected chi connectivity index (χ3v) is 2.27. The van der Waals surface area contributed by atoms with Crippen LogP contribution in [0.3, 0.4) is 0 Å². The lowest BCUT2D eigenvalue weighted by Gasteiger charge is -2.04. The molecule has 0 spiro atoms. The monoisotopic (exact) mass is 239 g/mol. The van der Waals surface area contributed by atoms with Crippen LogP contribution in [0, 0.1) is 29.6 Å². The quantitative estimate of drug-likeness (QED) is 0.875. The maximum atomic E-state index is 8.89. The first-order valence-electron chi connectivity index (χ1n) is 5.20. The summed E-state index contributed by atoms with van der Waals surface area (Å²) < 4.78 is 5.20. The van der Waals surface area contributed by atoms with Crippen molar-refractivity contribution in [3.63, 3.8) is 0 Å². The van der Waals surface area contributed by atoms with Crippen LogP contribution in [0.4, 0.5) is 5.69 Å². The van der Waals surface area contributed by atoms with Crippen molar-refractivity contribution in [3.8, 4) is 12.1 Å². The second-order valence-corrected chi connectivity index (χ2v) is 3.55. The first-order chi connectivity index (χ1) is 8.72. The highest BCUT2D eigenvalue weighted by Gasteiger charge is 2.05. The van der Waals surface area contributed by atoms with Gasteiger partial charge in [0.1, 0.15) is 12.1 Å². The Hall–Kier alpha value is -2.86. The van der Waals surface area contributed by atoms with E-state index in [0.717, 1.165) is 5.69 Å². The standard InChI is InChI=1S/C12H9N5O/c1-8-16-17-12(18-8)7-15-11-3-2-9(5-13)10(4-11)6-14/h2-4,15H,7H2,1H3. The molecule has 1 heterocycles. The van der Waals surface area contributed by atoms with Crippen LogP contribution in [-0.2, 0) is 6.54 Å². The van der Waals surface area contributed by atoms with E-state index in [4.69, 9.17) is 14.9 Å². The van der Waals surface area contributed by atoms with E-state index < -0.39 is 0 Å². The van der Waals surface area contributed by atoms with Crippen molar-refractivity contribution < 1.29 is 4.42 Å². The zero-order valence-electron chi connectivity index (χ0n) is 9.64. The van der Waals surface area contributed by atoms with E-state index in [9.17, 15) is 0 Å². The Labute approximate surface area is 103 Å². The molecule has 6 heteroatoms. The molecule has 0 radical (unpaired) electrons. The van der Waals surface area contributed by atoms with E-state index >= 15 is 0 Å². The van der Waals surface area contributed by atoms with Gasteiger partial charge >= 0.3 is 0 Å². The molecule has 1 N–H and O–H groups in total. The van der Waals surface area contributed by atoms with Crippen LogP contribution in [0.15, 0.2) is 22.6 Å². The van der Waals surface area contributed by atoms with Gasteiger partial charge in [-0.2, -0.15) is 10.5 Å². The molecule has 88 valence electrons. The molecule has 0 unspecified atom stereocenters. The Kier molecular flexibility index (Phi) is 3.22. The largest absolute Gasteiger partial charge is 0.424 e. The zero-order valence-corrected chi connectivity index (χ0v) is 9.64.